The number of hydrogen-bond acceptors (Lipinski definition) is 3. The van der Waals surface area contributed by atoms with Gasteiger partial charge < -0.3 is 14.3 Å². The Labute approximate surface area is 150 Å². The van der Waals surface area contributed by atoms with Crippen LogP contribution in [0.4, 0.5) is 0 Å². The summed E-state index contributed by atoms with van der Waals surface area (Å²) in [6.07, 6.45) is 10.6. The number of ether oxygens (including phenoxy) is 1. The molecule has 0 aromatic rings. The van der Waals surface area contributed by atoms with Gasteiger partial charge in [-0.2, -0.15) is 0 Å². The van der Waals surface area contributed by atoms with Crippen LogP contribution in [0.5, 0.6) is 0 Å². The summed E-state index contributed by atoms with van der Waals surface area (Å²) in [7, 11) is -1.68. The molecule has 4 heteroatoms. The molecule has 1 aliphatic rings. The molecular formula is C20H38O3Si. The third-order valence-corrected chi connectivity index (χ3v) is 10.0. The fourth-order valence-electron chi connectivity index (χ4n) is 2.43. The molecule has 0 amide bonds. The van der Waals surface area contributed by atoms with Crippen molar-refractivity contribution in [3.63, 3.8) is 0 Å². The number of epoxide rings is 1. The Balaban J connectivity index is 2.29. The highest BCUT2D eigenvalue weighted by molar-refractivity contribution is 6.74. The molecule has 0 saturated carbocycles. The lowest BCUT2D eigenvalue weighted by Gasteiger charge is -2.36. The SMILES string of the molecule is C/C(=C\CC[C@@]1(C)O[C@@H]1CO[Si](C)(C)C(C)(C)C)CC/C=C/CO. The van der Waals surface area contributed by atoms with Crippen LogP contribution in [0, 0.1) is 0 Å². The normalized spacial score (nSPS) is 25.5. The third-order valence-electron chi connectivity index (χ3n) is 5.55. The van der Waals surface area contributed by atoms with E-state index in [1.807, 2.05) is 6.08 Å². The molecule has 1 N–H and O–H groups in total. The van der Waals surface area contributed by atoms with Gasteiger partial charge in [0.1, 0.15) is 6.10 Å². The first-order chi connectivity index (χ1) is 11.0. The summed E-state index contributed by atoms with van der Waals surface area (Å²) in [5.41, 5.74) is 1.41. The summed E-state index contributed by atoms with van der Waals surface area (Å²) in [5.74, 6) is 0. The van der Waals surface area contributed by atoms with Gasteiger partial charge in [-0.3, -0.25) is 0 Å². The molecule has 140 valence electrons. The zero-order valence-electron chi connectivity index (χ0n) is 16.8. The highest BCUT2D eigenvalue weighted by Crippen LogP contribution is 2.43. The molecule has 0 aliphatic carbocycles. The van der Waals surface area contributed by atoms with Gasteiger partial charge in [-0.1, -0.05) is 44.6 Å². The van der Waals surface area contributed by atoms with Crippen molar-refractivity contribution < 1.29 is 14.3 Å². The van der Waals surface area contributed by atoms with Crippen molar-refractivity contribution in [1.82, 2.24) is 0 Å². The fourth-order valence-corrected chi connectivity index (χ4v) is 3.43. The first-order valence-electron chi connectivity index (χ1n) is 9.25. The van der Waals surface area contributed by atoms with Gasteiger partial charge in [-0.15, -0.1) is 0 Å². The minimum absolute atomic E-state index is 0.00403. The van der Waals surface area contributed by atoms with E-state index in [0.717, 1.165) is 32.3 Å². The summed E-state index contributed by atoms with van der Waals surface area (Å²) < 4.78 is 12.2. The van der Waals surface area contributed by atoms with Crippen LogP contribution in [0.2, 0.25) is 18.1 Å². The fraction of sp³-hybridized carbons (Fsp3) is 0.800. The molecule has 3 nitrogen and oxygen atoms in total. The molecule has 1 fully saturated rings. The van der Waals surface area contributed by atoms with Crippen molar-refractivity contribution in [3.8, 4) is 0 Å². The molecule has 1 saturated heterocycles. The number of aliphatic hydroxyl groups is 1. The second-order valence-electron chi connectivity index (χ2n) is 8.77. The number of aliphatic hydroxyl groups excluding tert-OH is 1. The number of rotatable bonds is 10. The van der Waals surface area contributed by atoms with Gasteiger partial charge in [0, 0.05) is 0 Å². The number of allylic oxidation sites excluding steroid dienone is 3. The van der Waals surface area contributed by atoms with Gasteiger partial charge in [-0.25, -0.2) is 0 Å². The Morgan fingerprint density at radius 2 is 1.92 bits per heavy atom. The summed E-state index contributed by atoms with van der Waals surface area (Å²) in [5, 5.41) is 8.96. The van der Waals surface area contributed by atoms with E-state index >= 15 is 0 Å². The molecule has 1 rings (SSSR count). The zero-order chi connectivity index (χ0) is 18.4. The lowest BCUT2D eigenvalue weighted by Crippen LogP contribution is -2.42. The average molecular weight is 355 g/mol. The van der Waals surface area contributed by atoms with Gasteiger partial charge >= 0.3 is 0 Å². The van der Waals surface area contributed by atoms with E-state index in [9.17, 15) is 0 Å². The lowest BCUT2D eigenvalue weighted by atomic mass is 10.00. The van der Waals surface area contributed by atoms with Gasteiger partial charge in [0.2, 0.25) is 0 Å². The average Bonchev–Trinajstić information content (AvgIpc) is 3.11. The summed E-state index contributed by atoms with van der Waals surface area (Å²) >= 11 is 0. The molecule has 24 heavy (non-hydrogen) atoms. The predicted molar refractivity (Wildman–Crippen MR) is 105 cm³/mol. The van der Waals surface area contributed by atoms with Crippen LogP contribution in [0.3, 0.4) is 0 Å². The summed E-state index contributed by atoms with van der Waals surface area (Å²) in [6.45, 7) is 16.7. The smallest absolute Gasteiger partial charge is 0.192 e. The van der Waals surface area contributed by atoms with Crippen molar-refractivity contribution in [3.05, 3.63) is 23.8 Å². The molecule has 2 atom stereocenters. The Bertz CT molecular complexity index is 448. The highest BCUT2D eigenvalue weighted by atomic mass is 28.4. The van der Waals surface area contributed by atoms with Crippen molar-refractivity contribution in [2.45, 2.75) is 90.1 Å². The van der Waals surface area contributed by atoms with Crippen molar-refractivity contribution >= 4 is 8.32 Å². The van der Waals surface area contributed by atoms with E-state index in [1.54, 1.807) is 6.08 Å². The highest BCUT2D eigenvalue weighted by Gasteiger charge is 2.52. The van der Waals surface area contributed by atoms with Crippen LogP contribution < -0.4 is 0 Å². The van der Waals surface area contributed by atoms with Crippen LogP contribution in [0.25, 0.3) is 0 Å². The molecular weight excluding hydrogens is 316 g/mol. The van der Waals surface area contributed by atoms with Crippen molar-refractivity contribution in [2.24, 2.45) is 0 Å². The van der Waals surface area contributed by atoms with Crippen LogP contribution in [0.15, 0.2) is 23.8 Å². The Hall–Kier alpha value is -0.423. The van der Waals surface area contributed by atoms with E-state index in [2.05, 4.69) is 53.8 Å². The minimum Gasteiger partial charge on any atom is -0.414 e. The van der Waals surface area contributed by atoms with E-state index in [4.69, 9.17) is 14.3 Å². The molecule has 0 radical (unpaired) electrons. The van der Waals surface area contributed by atoms with Gasteiger partial charge in [0.15, 0.2) is 8.32 Å². The van der Waals surface area contributed by atoms with Crippen molar-refractivity contribution in [1.29, 1.82) is 0 Å². The monoisotopic (exact) mass is 354 g/mol. The van der Waals surface area contributed by atoms with E-state index in [-0.39, 0.29) is 23.4 Å². The van der Waals surface area contributed by atoms with E-state index in [0.29, 0.717) is 0 Å². The maximum Gasteiger partial charge on any atom is 0.192 e. The van der Waals surface area contributed by atoms with Crippen LogP contribution in [0.1, 0.15) is 60.3 Å². The maximum absolute atomic E-state index is 8.71. The van der Waals surface area contributed by atoms with E-state index < -0.39 is 8.32 Å². The first kappa shape index (κ1) is 21.6. The maximum atomic E-state index is 8.71. The second-order valence-corrected chi connectivity index (χ2v) is 13.6. The Morgan fingerprint density at radius 3 is 2.50 bits per heavy atom. The van der Waals surface area contributed by atoms with Crippen LogP contribution in [-0.2, 0) is 9.16 Å². The topological polar surface area (TPSA) is 42.0 Å². The zero-order valence-corrected chi connectivity index (χ0v) is 17.8. The quantitative estimate of drug-likeness (QED) is 0.332. The van der Waals surface area contributed by atoms with Gasteiger partial charge in [0.25, 0.3) is 0 Å². The summed E-state index contributed by atoms with van der Waals surface area (Å²) in [4.78, 5) is 0. The van der Waals surface area contributed by atoms with Gasteiger partial charge in [0.05, 0.1) is 18.8 Å². The molecule has 0 aromatic carbocycles. The molecule has 0 bridgehead atoms. The van der Waals surface area contributed by atoms with E-state index in [1.165, 1.54) is 5.57 Å². The third kappa shape index (κ3) is 6.83. The number of hydrogen-bond donors (Lipinski definition) is 1. The van der Waals surface area contributed by atoms with Crippen LogP contribution in [-0.4, -0.2) is 38.3 Å². The predicted octanol–water partition coefficient (Wildman–Crippen LogP) is 5.22. The molecule has 0 unspecified atom stereocenters. The summed E-state index contributed by atoms with van der Waals surface area (Å²) in [6, 6.07) is 0. The minimum atomic E-state index is -1.68. The molecule has 0 spiro atoms. The molecule has 1 aliphatic heterocycles. The molecule has 1 heterocycles. The second kappa shape index (κ2) is 8.79. The first-order valence-corrected chi connectivity index (χ1v) is 12.2. The lowest BCUT2D eigenvalue weighted by molar-refractivity contribution is 0.235. The Kier molecular flexibility index (Phi) is 7.92. The largest absolute Gasteiger partial charge is 0.414 e. The Morgan fingerprint density at radius 1 is 1.25 bits per heavy atom. The standard InChI is InChI=1S/C20H38O3Si/c1-17(12-9-8-10-15-21)13-11-14-20(5)18(23-20)16-22-24(6,7)19(2,3)4/h8,10,13,18,21H,9,11-12,14-16H2,1-7H3/b10-8+,17-13+/t18-,20-/m1/s1. The van der Waals surface area contributed by atoms with Gasteiger partial charge in [-0.05, 0) is 57.7 Å². The van der Waals surface area contributed by atoms with Crippen LogP contribution >= 0.6 is 0 Å². The molecule has 0 aromatic heterocycles. The van der Waals surface area contributed by atoms with Crippen molar-refractivity contribution in [2.75, 3.05) is 13.2 Å².